The number of hydrogen-bond acceptors (Lipinski definition) is 2. The third-order valence-corrected chi connectivity index (χ3v) is 8.93. The number of likely N-dealkylation sites (N-methyl/N-ethyl adjacent to an activating group) is 1. The molecule has 0 bridgehead atoms. The molecule has 0 aromatic heterocycles. The van der Waals surface area contributed by atoms with Crippen molar-refractivity contribution in [3.63, 3.8) is 0 Å². The Bertz CT molecular complexity index is 1740. The third-order valence-electron chi connectivity index (χ3n) is 8.93. The van der Waals surface area contributed by atoms with Crippen LogP contribution in [0.25, 0.3) is 5.57 Å². The Hall–Kier alpha value is -4.82. The van der Waals surface area contributed by atoms with Crippen LogP contribution in [0.3, 0.4) is 0 Å². The maximum absolute atomic E-state index is 2.45. The molecule has 7 rings (SSSR count). The highest BCUT2D eigenvalue weighted by Gasteiger charge is 2.27. The van der Waals surface area contributed by atoms with Gasteiger partial charge in [-0.3, -0.25) is 0 Å². The molecule has 2 heteroatoms. The molecule has 0 spiro atoms. The van der Waals surface area contributed by atoms with Gasteiger partial charge in [0.1, 0.15) is 0 Å². The summed E-state index contributed by atoms with van der Waals surface area (Å²) in [5, 5.41) is 0. The molecule has 206 valence electrons. The van der Waals surface area contributed by atoms with Gasteiger partial charge >= 0.3 is 0 Å². The summed E-state index contributed by atoms with van der Waals surface area (Å²) in [5.41, 5.74) is 16.1. The minimum atomic E-state index is 0.970. The molecular weight excluding hydrogens is 508 g/mol. The highest BCUT2D eigenvalue weighted by molar-refractivity contribution is 5.78. The SMILES string of the molecule is CC1=C(C=CC2=C(N(c3ccccc3)c3ccccc3)/C(=C/C=C3Cc4ccccc4N3C)CC2)Cc2ccccc21. The average Bonchev–Trinajstić information content (AvgIpc) is 3.69. The van der Waals surface area contributed by atoms with Crippen LogP contribution in [0, 0.1) is 0 Å². The Kier molecular flexibility index (Phi) is 6.97. The van der Waals surface area contributed by atoms with Crippen LogP contribution in [-0.2, 0) is 12.8 Å². The summed E-state index contributed by atoms with van der Waals surface area (Å²) < 4.78 is 0. The number of nitrogens with zero attached hydrogens (tertiary/aromatic N) is 2. The van der Waals surface area contributed by atoms with Crippen molar-refractivity contribution >= 4 is 22.6 Å². The van der Waals surface area contributed by atoms with Gasteiger partial charge in [0.05, 0.1) is 5.70 Å². The first kappa shape index (κ1) is 26.1. The monoisotopic (exact) mass is 544 g/mol. The van der Waals surface area contributed by atoms with Gasteiger partial charge in [-0.2, -0.15) is 0 Å². The summed E-state index contributed by atoms with van der Waals surface area (Å²) in [6.45, 7) is 2.27. The molecule has 1 aliphatic heterocycles. The molecule has 3 aliphatic rings. The largest absolute Gasteiger partial charge is 0.348 e. The van der Waals surface area contributed by atoms with Crippen molar-refractivity contribution in [2.75, 3.05) is 16.8 Å². The summed E-state index contributed by atoms with van der Waals surface area (Å²) in [7, 11) is 2.19. The summed E-state index contributed by atoms with van der Waals surface area (Å²) in [5.74, 6) is 0. The van der Waals surface area contributed by atoms with Crippen LogP contribution in [-0.4, -0.2) is 7.05 Å². The molecule has 0 amide bonds. The van der Waals surface area contributed by atoms with Gasteiger partial charge in [0.2, 0.25) is 0 Å². The number of allylic oxidation sites excluding steroid dienone is 9. The quantitative estimate of drug-likeness (QED) is 0.238. The van der Waals surface area contributed by atoms with Gasteiger partial charge in [0.15, 0.2) is 0 Å². The summed E-state index contributed by atoms with van der Waals surface area (Å²) >= 11 is 0. The molecule has 2 nitrogen and oxygen atoms in total. The number of anilines is 3. The van der Waals surface area contributed by atoms with Crippen molar-refractivity contribution in [2.45, 2.75) is 32.6 Å². The van der Waals surface area contributed by atoms with Gasteiger partial charge in [-0.05, 0) is 102 Å². The zero-order valence-electron chi connectivity index (χ0n) is 24.4. The van der Waals surface area contributed by atoms with E-state index in [1.165, 1.54) is 67.4 Å². The van der Waals surface area contributed by atoms with Gasteiger partial charge in [-0.15, -0.1) is 0 Å². The average molecular weight is 545 g/mol. The number of fused-ring (bicyclic) bond motifs is 2. The Balaban J connectivity index is 1.33. The fourth-order valence-corrected chi connectivity index (χ4v) is 6.65. The molecule has 0 radical (unpaired) electrons. The first-order chi connectivity index (χ1) is 20.7. The lowest BCUT2D eigenvalue weighted by Crippen LogP contribution is -2.17. The van der Waals surface area contributed by atoms with Gasteiger partial charge in [-0.1, -0.05) is 97.1 Å². The standard InChI is InChI=1S/C40H36N2/c1-29-32(27-33-13-9-11-19-38(29)33)24-23-30-21-22-31(25-26-37-28-34-14-10-12-20-39(34)41(37)2)40(30)42(35-15-5-3-6-16-35)36-17-7-4-8-18-36/h3-20,23-26H,21-22,27-28H2,1-2H3/b24-23?,31-25+,37-26?. The number of para-hydroxylation sites is 3. The van der Waals surface area contributed by atoms with Gasteiger partial charge < -0.3 is 9.80 Å². The second kappa shape index (κ2) is 11.2. The highest BCUT2D eigenvalue weighted by atomic mass is 15.2. The molecule has 0 fully saturated rings. The fourth-order valence-electron chi connectivity index (χ4n) is 6.65. The van der Waals surface area contributed by atoms with E-state index in [4.69, 9.17) is 0 Å². The van der Waals surface area contributed by atoms with Crippen molar-refractivity contribution in [3.05, 3.63) is 178 Å². The summed E-state index contributed by atoms with van der Waals surface area (Å²) in [6, 6.07) is 39.2. The van der Waals surface area contributed by atoms with Crippen LogP contribution in [0.5, 0.6) is 0 Å². The van der Waals surface area contributed by atoms with E-state index in [0.717, 1.165) is 25.7 Å². The van der Waals surface area contributed by atoms with Crippen LogP contribution in [0.15, 0.2) is 162 Å². The third kappa shape index (κ3) is 4.84. The van der Waals surface area contributed by atoms with Crippen molar-refractivity contribution in [3.8, 4) is 0 Å². The van der Waals surface area contributed by atoms with E-state index in [1.54, 1.807) is 0 Å². The lowest BCUT2D eigenvalue weighted by atomic mass is 10.1. The summed E-state index contributed by atoms with van der Waals surface area (Å²) in [6.07, 6.45) is 13.5. The Morgan fingerprint density at radius 1 is 0.619 bits per heavy atom. The highest BCUT2D eigenvalue weighted by Crippen LogP contribution is 2.43. The lowest BCUT2D eigenvalue weighted by Gasteiger charge is -2.28. The molecule has 0 saturated carbocycles. The van der Waals surface area contributed by atoms with E-state index in [9.17, 15) is 0 Å². The Labute approximate surface area is 249 Å². The van der Waals surface area contributed by atoms with Crippen LogP contribution >= 0.6 is 0 Å². The smallest absolute Gasteiger partial charge is 0.0525 e. The van der Waals surface area contributed by atoms with Crippen LogP contribution in [0.2, 0.25) is 0 Å². The van der Waals surface area contributed by atoms with Crippen molar-refractivity contribution in [1.82, 2.24) is 0 Å². The lowest BCUT2D eigenvalue weighted by molar-refractivity contribution is 1.02. The number of rotatable bonds is 6. The Morgan fingerprint density at radius 3 is 1.93 bits per heavy atom. The number of benzene rings is 4. The second-order valence-corrected chi connectivity index (χ2v) is 11.4. The normalized spacial score (nSPS) is 18.1. The first-order valence-corrected chi connectivity index (χ1v) is 15.0. The minimum absolute atomic E-state index is 0.970. The molecule has 0 unspecified atom stereocenters. The van der Waals surface area contributed by atoms with E-state index in [1.807, 2.05) is 0 Å². The van der Waals surface area contributed by atoms with Gasteiger partial charge in [-0.25, -0.2) is 0 Å². The predicted octanol–water partition coefficient (Wildman–Crippen LogP) is 9.96. The summed E-state index contributed by atoms with van der Waals surface area (Å²) in [4.78, 5) is 4.79. The topological polar surface area (TPSA) is 6.48 Å². The molecular formula is C40H36N2. The van der Waals surface area contributed by atoms with Crippen LogP contribution < -0.4 is 9.80 Å². The van der Waals surface area contributed by atoms with E-state index in [2.05, 4.69) is 157 Å². The van der Waals surface area contributed by atoms with Crippen LogP contribution in [0.4, 0.5) is 17.1 Å². The van der Waals surface area contributed by atoms with Crippen molar-refractivity contribution in [2.24, 2.45) is 0 Å². The maximum Gasteiger partial charge on any atom is 0.0525 e. The zero-order valence-corrected chi connectivity index (χ0v) is 24.4. The van der Waals surface area contributed by atoms with E-state index >= 15 is 0 Å². The zero-order chi connectivity index (χ0) is 28.5. The van der Waals surface area contributed by atoms with Gasteiger partial charge in [0, 0.05) is 36.2 Å². The predicted molar refractivity (Wildman–Crippen MR) is 178 cm³/mol. The molecule has 42 heavy (non-hydrogen) atoms. The second-order valence-electron chi connectivity index (χ2n) is 11.4. The number of hydrogen-bond donors (Lipinski definition) is 0. The molecule has 4 aromatic carbocycles. The maximum atomic E-state index is 2.45. The van der Waals surface area contributed by atoms with Crippen LogP contribution in [0.1, 0.15) is 36.5 Å². The van der Waals surface area contributed by atoms with E-state index < -0.39 is 0 Å². The Morgan fingerprint density at radius 2 is 1.24 bits per heavy atom. The molecule has 1 heterocycles. The van der Waals surface area contributed by atoms with Gasteiger partial charge in [0.25, 0.3) is 0 Å². The molecule has 0 saturated heterocycles. The molecule has 4 aromatic rings. The van der Waals surface area contributed by atoms with E-state index in [-0.39, 0.29) is 0 Å². The minimum Gasteiger partial charge on any atom is -0.348 e. The molecule has 0 atom stereocenters. The fraction of sp³-hybridized carbons (Fsp3) is 0.150. The molecule has 2 aliphatic carbocycles. The van der Waals surface area contributed by atoms with E-state index in [0.29, 0.717) is 0 Å². The molecule has 0 N–H and O–H groups in total. The van der Waals surface area contributed by atoms with Crippen molar-refractivity contribution < 1.29 is 0 Å². The first-order valence-electron chi connectivity index (χ1n) is 15.0. The van der Waals surface area contributed by atoms with Crippen molar-refractivity contribution in [1.29, 1.82) is 0 Å².